The van der Waals surface area contributed by atoms with Crippen molar-refractivity contribution in [2.45, 2.75) is 6.54 Å². The predicted molar refractivity (Wildman–Crippen MR) is 81.0 cm³/mol. The van der Waals surface area contributed by atoms with Gasteiger partial charge in [-0.25, -0.2) is 4.79 Å². The lowest BCUT2D eigenvalue weighted by molar-refractivity contribution is 0.259. The van der Waals surface area contributed by atoms with E-state index in [0.717, 1.165) is 16.7 Å². The van der Waals surface area contributed by atoms with Crippen molar-refractivity contribution in [3.63, 3.8) is 0 Å². The quantitative estimate of drug-likeness (QED) is 0.686. The highest BCUT2D eigenvalue weighted by atomic mass is 16.4. The zero-order chi connectivity index (χ0) is 14.7. The number of hydrogen-bond acceptors (Lipinski definition) is 4. The Balaban J connectivity index is 1.65. The Morgan fingerprint density at radius 1 is 1.14 bits per heavy atom. The molecule has 0 aliphatic rings. The lowest BCUT2D eigenvalue weighted by atomic mass is 10.2. The molecule has 0 atom stereocenters. The number of aromatic nitrogens is 1. The van der Waals surface area contributed by atoms with Gasteiger partial charge in [-0.2, -0.15) is 4.98 Å². The third-order valence-electron chi connectivity index (χ3n) is 2.96. The molecule has 0 spiro atoms. The van der Waals surface area contributed by atoms with Gasteiger partial charge in [0.05, 0.1) is 0 Å². The zero-order valence-electron chi connectivity index (χ0n) is 11.2. The summed E-state index contributed by atoms with van der Waals surface area (Å²) in [6.45, 7) is 0.573. The lowest BCUT2D eigenvalue weighted by Gasteiger charge is -2.04. The van der Waals surface area contributed by atoms with Crippen LogP contribution in [0.3, 0.4) is 0 Å². The minimum atomic E-state index is -0.577. The molecule has 4 N–H and O–H groups in total. The second-order valence-electron chi connectivity index (χ2n) is 4.53. The number of rotatable bonds is 4. The summed E-state index contributed by atoms with van der Waals surface area (Å²) in [7, 11) is 0. The van der Waals surface area contributed by atoms with E-state index in [-0.39, 0.29) is 0 Å². The van der Waals surface area contributed by atoms with E-state index in [4.69, 9.17) is 10.2 Å². The van der Waals surface area contributed by atoms with Crippen LogP contribution in [0.25, 0.3) is 11.1 Å². The van der Waals surface area contributed by atoms with Gasteiger partial charge < -0.3 is 20.8 Å². The molecule has 0 radical (unpaired) electrons. The van der Waals surface area contributed by atoms with Crippen molar-refractivity contribution in [1.29, 1.82) is 0 Å². The standard InChI is InChI=1S/C15H14N4O2/c16-14(20)18-11-7-5-10(6-8-11)9-17-15-19-12-3-1-2-4-13(12)21-15/h1-8H,9H2,(H,17,19)(H3,16,18,20). The average molecular weight is 282 g/mol. The molecule has 3 rings (SSSR count). The lowest BCUT2D eigenvalue weighted by Crippen LogP contribution is -2.19. The van der Waals surface area contributed by atoms with E-state index in [0.29, 0.717) is 18.2 Å². The summed E-state index contributed by atoms with van der Waals surface area (Å²) >= 11 is 0. The molecule has 0 unspecified atom stereocenters. The van der Waals surface area contributed by atoms with Crippen LogP contribution in [-0.2, 0) is 6.54 Å². The molecule has 0 fully saturated rings. The molecule has 106 valence electrons. The van der Waals surface area contributed by atoms with E-state index in [2.05, 4.69) is 15.6 Å². The summed E-state index contributed by atoms with van der Waals surface area (Å²) in [5.74, 6) is 0. The van der Waals surface area contributed by atoms with Gasteiger partial charge in [-0.15, -0.1) is 0 Å². The minimum Gasteiger partial charge on any atom is -0.424 e. The molecule has 0 bridgehead atoms. The number of hydrogen-bond donors (Lipinski definition) is 3. The second-order valence-corrected chi connectivity index (χ2v) is 4.53. The Labute approximate surface area is 121 Å². The maximum Gasteiger partial charge on any atom is 0.316 e. The third-order valence-corrected chi connectivity index (χ3v) is 2.96. The van der Waals surface area contributed by atoms with Crippen LogP contribution >= 0.6 is 0 Å². The number of oxazole rings is 1. The molecule has 2 aromatic carbocycles. The van der Waals surface area contributed by atoms with E-state index in [1.165, 1.54) is 0 Å². The highest BCUT2D eigenvalue weighted by molar-refractivity contribution is 5.87. The highest BCUT2D eigenvalue weighted by Gasteiger charge is 2.04. The summed E-state index contributed by atoms with van der Waals surface area (Å²) in [6, 6.07) is 14.8. The second kappa shape index (κ2) is 5.54. The number of nitrogens with two attached hydrogens (primary N) is 1. The predicted octanol–water partition coefficient (Wildman–Crippen LogP) is 2.93. The Bertz CT molecular complexity index is 732. The fraction of sp³-hybridized carbons (Fsp3) is 0.0667. The van der Waals surface area contributed by atoms with Gasteiger partial charge in [-0.3, -0.25) is 0 Å². The van der Waals surface area contributed by atoms with Gasteiger partial charge in [-0.1, -0.05) is 24.3 Å². The van der Waals surface area contributed by atoms with Crippen molar-refractivity contribution in [2.24, 2.45) is 5.73 Å². The Kier molecular flexibility index (Phi) is 3.42. The number of nitrogens with zero attached hydrogens (tertiary/aromatic N) is 1. The van der Waals surface area contributed by atoms with E-state index >= 15 is 0 Å². The molecule has 0 aliphatic carbocycles. The van der Waals surface area contributed by atoms with Crippen LogP contribution < -0.4 is 16.4 Å². The maximum absolute atomic E-state index is 10.7. The van der Waals surface area contributed by atoms with Gasteiger partial charge >= 0.3 is 6.03 Å². The summed E-state index contributed by atoms with van der Waals surface area (Å²) in [5.41, 5.74) is 8.32. The summed E-state index contributed by atoms with van der Waals surface area (Å²) in [6.07, 6.45) is 0. The van der Waals surface area contributed by atoms with Crippen LogP contribution in [0.5, 0.6) is 0 Å². The van der Waals surface area contributed by atoms with E-state index < -0.39 is 6.03 Å². The SMILES string of the molecule is NC(=O)Nc1ccc(CNc2nc3ccccc3o2)cc1. The first-order chi connectivity index (χ1) is 10.2. The zero-order valence-corrected chi connectivity index (χ0v) is 11.2. The van der Waals surface area contributed by atoms with Crippen molar-refractivity contribution in [3.05, 3.63) is 54.1 Å². The number of amides is 2. The van der Waals surface area contributed by atoms with E-state index in [9.17, 15) is 4.79 Å². The first-order valence-electron chi connectivity index (χ1n) is 6.45. The first kappa shape index (κ1) is 13.0. The molecule has 21 heavy (non-hydrogen) atoms. The van der Waals surface area contributed by atoms with Crippen LogP contribution in [0, 0.1) is 0 Å². The molecular weight excluding hydrogens is 268 g/mol. The van der Waals surface area contributed by atoms with Gasteiger partial charge in [0.1, 0.15) is 5.52 Å². The molecule has 1 aromatic heterocycles. The van der Waals surface area contributed by atoms with E-state index in [1.807, 2.05) is 36.4 Å². The summed E-state index contributed by atoms with van der Waals surface area (Å²) < 4.78 is 5.57. The molecule has 6 nitrogen and oxygen atoms in total. The maximum atomic E-state index is 10.7. The van der Waals surface area contributed by atoms with Gasteiger partial charge in [-0.05, 0) is 29.8 Å². The number of benzene rings is 2. The van der Waals surface area contributed by atoms with Crippen LogP contribution in [0.1, 0.15) is 5.56 Å². The normalized spacial score (nSPS) is 10.5. The molecular formula is C15H14N4O2. The van der Waals surface area contributed by atoms with Crippen molar-refractivity contribution in [2.75, 3.05) is 10.6 Å². The van der Waals surface area contributed by atoms with Crippen LogP contribution in [0.15, 0.2) is 52.9 Å². The Hall–Kier alpha value is -3.02. The van der Waals surface area contributed by atoms with Crippen molar-refractivity contribution < 1.29 is 9.21 Å². The number of para-hydroxylation sites is 2. The number of anilines is 2. The van der Waals surface area contributed by atoms with Crippen LogP contribution in [0.4, 0.5) is 16.5 Å². The number of nitrogens with one attached hydrogen (secondary N) is 2. The molecule has 1 heterocycles. The summed E-state index contributed by atoms with van der Waals surface area (Å²) in [5, 5.41) is 5.63. The molecule has 6 heteroatoms. The number of fused-ring (bicyclic) bond motifs is 1. The fourth-order valence-electron chi connectivity index (χ4n) is 1.97. The molecule has 3 aromatic rings. The highest BCUT2D eigenvalue weighted by Crippen LogP contribution is 2.19. The number of primary amides is 1. The topological polar surface area (TPSA) is 93.2 Å². The van der Waals surface area contributed by atoms with Gasteiger partial charge in [0.25, 0.3) is 6.01 Å². The van der Waals surface area contributed by atoms with Gasteiger partial charge in [0.15, 0.2) is 5.58 Å². The summed E-state index contributed by atoms with van der Waals surface area (Å²) in [4.78, 5) is 15.1. The van der Waals surface area contributed by atoms with Crippen LogP contribution in [0.2, 0.25) is 0 Å². The molecule has 0 saturated heterocycles. The largest absolute Gasteiger partial charge is 0.424 e. The Morgan fingerprint density at radius 2 is 1.90 bits per heavy atom. The molecule has 0 aliphatic heterocycles. The number of carbonyl (C=O) groups excluding carboxylic acids is 1. The van der Waals surface area contributed by atoms with Crippen molar-refractivity contribution >= 4 is 28.8 Å². The molecule has 2 amide bonds. The average Bonchev–Trinajstić information content (AvgIpc) is 2.89. The van der Waals surface area contributed by atoms with Crippen molar-refractivity contribution in [3.8, 4) is 0 Å². The van der Waals surface area contributed by atoms with Gasteiger partial charge in [0, 0.05) is 12.2 Å². The van der Waals surface area contributed by atoms with Crippen LogP contribution in [-0.4, -0.2) is 11.0 Å². The molecule has 0 saturated carbocycles. The number of carbonyl (C=O) groups is 1. The first-order valence-corrected chi connectivity index (χ1v) is 6.45. The van der Waals surface area contributed by atoms with Gasteiger partial charge in [0.2, 0.25) is 0 Å². The monoisotopic (exact) mass is 282 g/mol. The van der Waals surface area contributed by atoms with E-state index in [1.54, 1.807) is 12.1 Å². The Morgan fingerprint density at radius 3 is 2.62 bits per heavy atom. The van der Waals surface area contributed by atoms with Crippen molar-refractivity contribution in [1.82, 2.24) is 4.98 Å². The fourth-order valence-corrected chi connectivity index (χ4v) is 1.97. The smallest absolute Gasteiger partial charge is 0.316 e. The number of urea groups is 1. The third kappa shape index (κ3) is 3.11. The minimum absolute atomic E-state index is 0.482.